The summed E-state index contributed by atoms with van der Waals surface area (Å²) in [4.78, 5) is 4.33. The molecule has 0 aliphatic carbocycles. The molecular weight excluding hydrogens is 198 g/mol. The number of rotatable bonds is 5. The van der Waals surface area contributed by atoms with Crippen molar-refractivity contribution in [1.82, 2.24) is 15.2 Å². The van der Waals surface area contributed by atoms with Crippen LogP contribution in [0, 0.1) is 0 Å². The normalized spacial score (nSPS) is 10.6. The summed E-state index contributed by atoms with van der Waals surface area (Å²) in [5, 5.41) is 7.21. The lowest BCUT2D eigenvalue weighted by molar-refractivity contribution is 0.718. The van der Waals surface area contributed by atoms with Gasteiger partial charge in [0.05, 0.1) is 5.69 Å². The van der Waals surface area contributed by atoms with Crippen LogP contribution in [0.15, 0.2) is 30.6 Å². The number of nitrogens with zero attached hydrogens (tertiary/aromatic N) is 2. The summed E-state index contributed by atoms with van der Waals surface area (Å²) in [6.07, 6.45) is 8.61. The lowest BCUT2D eigenvalue weighted by Gasteiger charge is -2.00. The first-order valence-corrected chi connectivity index (χ1v) is 5.86. The molecule has 0 saturated heterocycles. The standard InChI is InChI=1S/C13H17N3/c1-2-3-4-7-11-10-15-16-13(11)12-8-5-6-9-14-12/h5-6,8-10H,2-4,7H2,1H3,(H,15,16). The summed E-state index contributed by atoms with van der Waals surface area (Å²) in [5.41, 5.74) is 3.22. The molecule has 3 heteroatoms. The van der Waals surface area contributed by atoms with Crippen LogP contribution in [0.3, 0.4) is 0 Å². The van der Waals surface area contributed by atoms with E-state index >= 15 is 0 Å². The van der Waals surface area contributed by atoms with Gasteiger partial charge in [-0.2, -0.15) is 5.10 Å². The molecule has 0 radical (unpaired) electrons. The van der Waals surface area contributed by atoms with Gasteiger partial charge < -0.3 is 0 Å². The molecule has 2 aromatic heterocycles. The maximum absolute atomic E-state index is 4.33. The molecule has 2 heterocycles. The van der Waals surface area contributed by atoms with Crippen molar-refractivity contribution < 1.29 is 0 Å². The number of H-pyrrole nitrogens is 1. The molecule has 0 spiro atoms. The lowest BCUT2D eigenvalue weighted by Crippen LogP contribution is -1.89. The quantitative estimate of drug-likeness (QED) is 0.778. The fourth-order valence-corrected chi connectivity index (χ4v) is 1.80. The van der Waals surface area contributed by atoms with Crippen LogP contribution in [0.25, 0.3) is 11.4 Å². The van der Waals surface area contributed by atoms with Crippen LogP contribution in [0.1, 0.15) is 31.7 Å². The number of pyridine rings is 1. The summed E-state index contributed by atoms with van der Waals surface area (Å²) < 4.78 is 0. The molecule has 0 amide bonds. The van der Waals surface area contributed by atoms with E-state index in [1.165, 1.54) is 24.8 Å². The van der Waals surface area contributed by atoms with Gasteiger partial charge in [-0.25, -0.2) is 0 Å². The number of hydrogen-bond acceptors (Lipinski definition) is 2. The lowest BCUT2D eigenvalue weighted by atomic mass is 10.1. The molecule has 0 aromatic carbocycles. The molecule has 1 N–H and O–H groups in total. The van der Waals surface area contributed by atoms with Gasteiger partial charge in [-0.3, -0.25) is 10.1 Å². The van der Waals surface area contributed by atoms with Crippen molar-refractivity contribution in [1.29, 1.82) is 0 Å². The predicted molar refractivity (Wildman–Crippen MR) is 65.0 cm³/mol. The van der Waals surface area contributed by atoms with Crippen molar-refractivity contribution in [2.75, 3.05) is 0 Å². The molecule has 0 fully saturated rings. The SMILES string of the molecule is CCCCCc1c[nH]nc1-c1ccccn1. The monoisotopic (exact) mass is 215 g/mol. The van der Waals surface area contributed by atoms with Gasteiger partial charge in [0.25, 0.3) is 0 Å². The van der Waals surface area contributed by atoms with Gasteiger partial charge in [0.15, 0.2) is 0 Å². The van der Waals surface area contributed by atoms with Gasteiger partial charge in [-0.15, -0.1) is 0 Å². The number of hydrogen-bond donors (Lipinski definition) is 1. The van der Waals surface area contributed by atoms with Crippen molar-refractivity contribution >= 4 is 0 Å². The number of aromatic amines is 1. The Labute approximate surface area is 95.9 Å². The molecule has 2 rings (SSSR count). The first-order valence-electron chi connectivity index (χ1n) is 5.86. The van der Waals surface area contributed by atoms with Crippen molar-refractivity contribution in [2.24, 2.45) is 0 Å². The Kier molecular flexibility index (Phi) is 3.70. The summed E-state index contributed by atoms with van der Waals surface area (Å²) in [5.74, 6) is 0. The number of unbranched alkanes of at least 4 members (excludes halogenated alkanes) is 2. The van der Waals surface area contributed by atoms with E-state index in [0.717, 1.165) is 17.8 Å². The molecule has 0 aliphatic rings. The van der Waals surface area contributed by atoms with E-state index in [4.69, 9.17) is 0 Å². The van der Waals surface area contributed by atoms with Gasteiger partial charge in [0, 0.05) is 12.4 Å². The molecule has 0 saturated carbocycles. The molecule has 0 atom stereocenters. The average molecular weight is 215 g/mol. The molecule has 84 valence electrons. The van der Waals surface area contributed by atoms with Crippen LogP contribution in [-0.2, 0) is 6.42 Å². The molecule has 3 nitrogen and oxygen atoms in total. The minimum Gasteiger partial charge on any atom is -0.285 e. The van der Waals surface area contributed by atoms with Crippen molar-refractivity contribution in [3.8, 4) is 11.4 Å². The fourth-order valence-electron chi connectivity index (χ4n) is 1.80. The minimum atomic E-state index is 0.954. The summed E-state index contributed by atoms with van der Waals surface area (Å²) in [6.45, 7) is 2.22. The van der Waals surface area contributed by atoms with E-state index in [2.05, 4.69) is 22.1 Å². The second-order valence-electron chi connectivity index (χ2n) is 3.93. The Bertz CT molecular complexity index is 420. The Morgan fingerprint density at radius 1 is 1.25 bits per heavy atom. The molecule has 0 unspecified atom stereocenters. The van der Waals surface area contributed by atoms with E-state index in [1.54, 1.807) is 6.20 Å². The highest BCUT2D eigenvalue weighted by Crippen LogP contribution is 2.20. The van der Waals surface area contributed by atoms with Crippen molar-refractivity contribution in [3.05, 3.63) is 36.2 Å². The summed E-state index contributed by atoms with van der Waals surface area (Å²) in [6, 6.07) is 5.92. The fraction of sp³-hybridized carbons (Fsp3) is 0.385. The zero-order chi connectivity index (χ0) is 11.2. The first-order chi connectivity index (χ1) is 7.92. The third kappa shape index (κ3) is 2.48. The van der Waals surface area contributed by atoms with E-state index in [0.29, 0.717) is 0 Å². The van der Waals surface area contributed by atoms with E-state index < -0.39 is 0 Å². The third-order valence-corrected chi connectivity index (χ3v) is 2.68. The Morgan fingerprint density at radius 2 is 2.19 bits per heavy atom. The van der Waals surface area contributed by atoms with Crippen LogP contribution in [0.4, 0.5) is 0 Å². The van der Waals surface area contributed by atoms with E-state index in [9.17, 15) is 0 Å². The minimum absolute atomic E-state index is 0.954. The van der Waals surface area contributed by atoms with Gasteiger partial charge in [-0.1, -0.05) is 25.8 Å². The second-order valence-corrected chi connectivity index (χ2v) is 3.93. The Balaban J connectivity index is 2.13. The molecule has 2 aromatic rings. The predicted octanol–water partition coefficient (Wildman–Crippen LogP) is 3.20. The van der Waals surface area contributed by atoms with Crippen LogP contribution in [0.5, 0.6) is 0 Å². The van der Waals surface area contributed by atoms with Gasteiger partial charge in [0.2, 0.25) is 0 Å². The highest BCUT2D eigenvalue weighted by molar-refractivity contribution is 5.57. The Morgan fingerprint density at radius 3 is 2.94 bits per heavy atom. The highest BCUT2D eigenvalue weighted by atomic mass is 15.1. The largest absolute Gasteiger partial charge is 0.285 e. The van der Waals surface area contributed by atoms with E-state index in [1.807, 2.05) is 24.4 Å². The second kappa shape index (κ2) is 5.45. The van der Waals surface area contributed by atoms with Gasteiger partial charge in [-0.05, 0) is 30.5 Å². The zero-order valence-electron chi connectivity index (χ0n) is 9.61. The maximum Gasteiger partial charge on any atom is 0.114 e. The van der Waals surface area contributed by atoms with Crippen LogP contribution in [-0.4, -0.2) is 15.2 Å². The number of aromatic nitrogens is 3. The van der Waals surface area contributed by atoms with Crippen molar-refractivity contribution in [2.45, 2.75) is 32.6 Å². The van der Waals surface area contributed by atoms with Gasteiger partial charge >= 0.3 is 0 Å². The smallest absolute Gasteiger partial charge is 0.114 e. The average Bonchev–Trinajstić information content (AvgIpc) is 2.79. The summed E-state index contributed by atoms with van der Waals surface area (Å²) in [7, 11) is 0. The van der Waals surface area contributed by atoms with Crippen LogP contribution >= 0.6 is 0 Å². The molecular formula is C13H17N3. The molecule has 0 bridgehead atoms. The first kappa shape index (κ1) is 10.9. The molecule has 16 heavy (non-hydrogen) atoms. The maximum atomic E-state index is 4.33. The number of nitrogens with one attached hydrogen (secondary N) is 1. The molecule has 0 aliphatic heterocycles. The Hall–Kier alpha value is -1.64. The van der Waals surface area contributed by atoms with Crippen molar-refractivity contribution in [3.63, 3.8) is 0 Å². The van der Waals surface area contributed by atoms with E-state index in [-0.39, 0.29) is 0 Å². The highest BCUT2D eigenvalue weighted by Gasteiger charge is 2.08. The van der Waals surface area contributed by atoms with Gasteiger partial charge in [0.1, 0.15) is 5.69 Å². The summed E-state index contributed by atoms with van der Waals surface area (Å²) >= 11 is 0. The third-order valence-electron chi connectivity index (χ3n) is 2.68. The number of aryl methyl sites for hydroxylation is 1. The van der Waals surface area contributed by atoms with Crippen LogP contribution < -0.4 is 0 Å². The van der Waals surface area contributed by atoms with Crippen LogP contribution in [0.2, 0.25) is 0 Å². The topological polar surface area (TPSA) is 41.6 Å². The zero-order valence-corrected chi connectivity index (χ0v) is 9.61.